The Morgan fingerprint density at radius 1 is 1.12 bits per heavy atom. The molecule has 0 unspecified atom stereocenters. The highest BCUT2D eigenvalue weighted by molar-refractivity contribution is 5.74. The fraction of sp³-hybridized carbons (Fsp3) is 0.462. The summed E-state index contributed by atoms with van der Waals surface area (Å²) >= 11 is 0. The summed E-state index contributed by atoms with van der Waals surface area (Å²) in [4.78, 5) is 11.1. The van der Waals surface area contributed by atoms with E-state index >= 15 is 0 Å². The first-order chi connectivity index (χ1) is 7.54. The average molecular weight is 222 g/mol. The van der Waals surface area contributed by atoms with Crippen molar-refractivity contribution in [3.05, 3.63) is 29.8 Å². The molecule has 0 spiro atoms. The van der Waals surface area contributed by atoms with E-state index in [4.69, 9.17) is 4.74 Å². The predicted molar refractivity (Wildman–Crippen MR) is 62.6 cm³/mol. The molecule has 0 bridgehead atoms. The van der Waals surface area contributed by atoms with Crippen LogP contribution in [0.15, 0.2) is 24.3 Å². The average Bonchev–Trinajstić information content (AvgIpc) is 2.28. The van der Waals surface area contributed by atoms with Crippen LogP contribution in [-0.2, 0) is 9.53 Å². The van der Waals surface area contributed by atoms with Crippen LogP contribution >= 0.6 is 0 Å². The smallest absolute Gasteiger partial charge is 0.346 e. The third-order valence-corrected chi connectivity index (χ3v) is 2.39. The van der Waals surface area contributed by atoms with E-state index in [9.17, 15) is 4.79 Å². The number of hydrogen-bond donors (Lipinski definition) is 0. The summed E-state index contributed by atoms with van der Waals surface area (Å²) < 4.78 is 10.0. The Bertz CT molecular complexity index is 341. The van der Waals surface area contributed by atoms with E-state index in [1.807, 2.05) is 24.3 Å². The minimum absolute atomic E-state index is 0.368. The summed E-state index contributed by atoms with van der Waals surface area (Å²) in [5.74, 6) is 0.808. The highest BCUT2D eigenvalue weighted by Crippen LogP contribution is 2.19. The van der Waals surface area contributed by atoms with Gasteiger partial charge in [0.15, 0.2) is 6.10 Å². The molecular weight excluding hydrogens is 204 g/mol. The fourth-order valence-electron chi connectivity index (χ4n) is 1.35. The molecule has 0 saturated carbocycles. The third kappa shape index (κ3) is 3.26. The predicted octanol–water partition coefficient (Wildman–Crippen LogP) is 2.75. The van der Waals surface area contributed by atoms with Gasteiger partial charge in [0, 0.05) is 0 Å². The van der Waals surface area contributed by atoms with Crippen LogP contribution in [0, 0.1) is 0 Å². The molecule has 0 aromatic heterocycles. The van der Waals surface area contributed by atoms with Gasteiger partial charge in [0.25, 0.3) is 0 Å². The molecule has 16 heavy (non-hydrogen) atoms. The number of benzene rings is 1. The molecule has 0 aliphatic rings. The van der Waals surface area contributed by atoms with Gasteiger partial charge in [0.1, 0.15) is 5.75 Å². The fourth-order valence-corrected chi connectivity index (χ4v) is 1.35. The molecule has 0 aliphatic heterocycles. The molecule has 1 atom stereocenters. The summed E-state index contributed by atoms with van der Waals surface area (Å²) in [5.41, 5.74) is 1.25. The summed E-state index contributed by atoms with van der Waals surface area (Å²) in [6.07, 6.45) is -0.574. The Morgan fingerprint density at radius 2 is 1.69 bits per heavy atom. The lowest BCUT2D eigenvalue weighted by atomic mass is 10.0. The van der Waals surface area contributed by atoms with Crippen LogP contribution in [0.5, 0.6) is 5.75 Å². The van der Waals surface area contributed by atoms with E-state index in [1.54, 1.807) is 6.92 Å². The number of rotatable bonds is 4. The maximum atomic E-state index is 11.1. The summed E-state index contributed by atoms with van der Waals surface area (Å²) in [7, 11) is 1.35. The van der Waals surface area contributed by atoms with Crippen molar-refractivity contribution in [1.29, 1.82) is 0 Å². The van der Waals surface area contributed by atoms with E-state index < -0.39 is 6.10 Å². The number of esters is 1. The minimum Gasteiger partial charge on any atom is -0.479 e. The van der Waals surface area contributed by atoms with Crippen LogP contribution in [0.25, 0.3) is 0 Å². The van der Waals surface area contributed by atoms with E-state index in [0.29, 0.717) is 11.7 Å². The van der Waals surface area contributed by atoms with E-state index in [2.05, 4.69) is 18.6 Å². The quantitative estimate of drug-likeness (QED) is 0.735. The largest absolute Gasteiger partial charge is 0.479 e. The van der Waals surface area contributed by atoms with Crippen molar-refractivity contribution in [2.75, 3.05) is 7.11 Å². The molecule has 3 nitrogen and oxygen atoms in total. The van der Waals surface area contributed by atoms with Crippen molar-refractivity contribution in [3.8, 4) is 5.75 Å². The van der Waals surface area contributed by atoms with Gasteiger partial charge in [-0.3, -0.25) is 0 Å². The van der Waals surface area contributed by atoms with Gasteiger partial charge in [-0.15, -0.1) is 0 Å². The van der Waals surface area contributed by atoms with Crippen molar-refractivity contribution < 1.29 is 14.3 Å². The van der Waals surface area contributed by atoms with Crippen molar-refractivity contribution in [2.45, 2.75) is 32.8 Å². The van der Waals surface area contributed by atoms with Crippen molar-refractivity contribution in [3.63, 3.8) is 0 Å². The lowest BCUT2D eigenvalue weighted by Crippen LogP contribution is -2.24. The van der Waals surface area contributed by atoms with Gasteiger partial charge in [0.2, 0.25) is 0 Å². The van der Waals surface area contributed by atoms with Gasteiger partial charge >= 0.3 is 5.97 Å². The highest BCUT2D eigenvalue weighted by Gasteiger charge is 2.14. The Balaban J connectivity index is 2.65. The van der Waals surface area contributed by atoms with Gasteiger partial charge in [0.05, 0.1) is 7.11 Å². The van der Waals surface area contributed by atoms with Crippen LogP contribution in [0.3, 0.4) is 0 Å². The zero-order chi connectivity index (χ0) is 12.1. The van der Waals surface area contributed by atoms with Crippen molar-refractivity contribution in [1.82, 2.24) is 0 Å². The van der Waals surface area contributed by atoms with Crippen LogP contribution in [-0.4, -0.2) is 19.2 Å². The van der Waals surface area contributed by atoms with Crippen molar-refractivity contribution in [2.24, 2.45) is 0 Å². The lowest BCUT2D eigenvalue weighted by molar-refractivity contribution is -0.147. The van der Waals surface area contributed by atoms with Crippen LogP contribution in [0.1, 0.15) is 32.3 Å². The van der Waals surface area contributed by atoms with Crippen LogP contribution in [0.2, 0.25) is 0 Å². The first-order valence-electron chi connectivity index (χ1n) is 5.39. The molecule has 0 heterocycles. The van der Waals surface area contributed by atoms with Crippen LogP contribution < -0.4 is 4.74 Å². The number of hydrogen-bond acceptors (Lipinski definition) is 3. The number of ether oxygens (including phenoxy) is 2. The molecule has 1 aromatic rings. The molecule has 3 heteroatoms. The van der Waals surface area contributed by atoms with Gasteiger partial charge in [-0.2, -0.15) is 0 Å². The summed E-state index contributed by atoms with van der Waals surface area (Å²) in [5, 5.41) is 0. The molecule has 0 amide bonds. The molecule has 88 valence electrons. The first-order valence-corrected chi connectivity index (χ1v) is 5.39. The summed E-state index contributed by atoms with van der Waals surface area (Å²) in [6, 6.07) is 7.75. The minimum atomic E-state index is -0.574. The molecule has 0 aliphatic carbocycles. The van der Waals surface area contributed by atoms with Gasteiger partial charge in [-0.1, -0.05) is 26.0 Å². The third-order valence-electron chi connectivity index (χ3n) is 2.39. The normalized spacial score (nSPS) is 12.3. The highest BCUT2D eigenvalue weighted by atomic mass is 16.6. The Labute approximate surface area is 96.4 Å². The van der Waals surface area contributed by atoms with Crippen LogP contribution in [0.4, 0.5) is 0 Å². The molecule has 0 N–H and O–H groups in total. The second kappa shape index (κ2) is 5.54. The molecule has 0 saturated heterocycles. The SMILES string of the molecule is COC(=O)[C@H](C)Oc1ccc(C(C)C)cc1. The molecule has 1 rings (SSSR count). The Morgan fingerprint density at radius 3 is 2.12 bits per heavy atom. The zero-order valence-electron chi connectivity index (χ0n) is 10.2. The maximum Gasteiger partial charge on any atom is 0.346 e. The standard InChI is InChI=1S/C13H18O3/c1-9(2)11-5-7-12(8-6-11)16-10(3)13(14)15-4/h5-10H,1-4H3/t10-/m0/s1. The topological polar surface area (TPSA) is 35.5 Å². The molecular formula is C13H18O3. The zero-order valence-corrected chi connectivity index (χ0v) is 10.2. The summed E-state index contributed by atoms with van der Waals surface area (Å²) in [6.45, 7) is 5.93. The second-order valence-electron chi connectivity index (χ2n) is 4.01. The molecule has 0 radical (unpaired) electrons. The van der Waals surface area contributed by atoms with E-state index in [1.165, 1.54) is 12.7 Å². The number of carbonyl (C=O) groups is 1. The molecule has 1 aromatic carbocycles. The number of carbonyl (C=O) groups excluding carboxylic acids is 1. The first kappa shape index (κ1) is 12.6. The Kier molecular flexibility index (Phi) is 4.35. The maximum absolute atomic E-state index is 11.1. The molecule has 0 fully saturated rings. The van der Waals surface area contributed by atoms with E-state index in [-0.39, 0.29) is 5.97 Å². The Hall–Kier alpha value is -1.51. The van der Waals surface area contributed by atoms with Gasteiger partial charge in [-0.25, -0.2) is 4.79 Å². The second-order valence-corrected chi connectivity index (χ2v) is 4.01. The van der Waals surface area contributed by atoms with Gasteiger partial charge in [-0.05, 0) is 30.5 Å². The van der Waals surface area contributed by atoms with E-state index in [0.717, 1.165) is 0 Å². The lowest BCUT2D eigenvalue weighted by Gasteiger charge is -2.13. The van der Waals surface area contributed by atoms with Crippen molar-refractivity contribution >= 4 is 5.97 Å². The monoisotopic (exact) mass is 222 g/mol. The van der Waals surface area contributed by atoms with Gasteiger partial charge < -0.3 is 9.47 Å². The number of methoxy groups -OCH3 is 1.